The Bertz CT molecular complexity index is 617. The highest BCUT2D eigenvalue weighted by Gasteiger charge is 2.35. The molecule has 0 radical (unpaired) electrons. The quantitative estimate of drug-likeness (QED) is 0.685. The van der Waals surface area contributed by atoms with Gasteiger partial charge in [-0.3, -0.25) is 4.57 Å². The summed E-state index contributed by atoms with van der Waals surface area (Å²) in [6, 6.07) is 1.53. The van der Waals surface area contributed by atoms with Crippen LogP contribution in [0.2, 0.25) is 5.15 Å². The van der Waals surface area contributed by atoms with Crippen LogP contribution >= 0.6 is 11.6 Å². The van der Waals surface area contributed by atoms with E-state index < -0.39 is 18.4 Å². The van der Waals surface area contributed by atoms with Crippen molar-refractivity contribution in [1.29, 1.82) is 0 Å². The zero-order chi connectivity index (χ0) is 13.6. The molecule has 1 saturated heterocycles. The molecule has 3 rings (SSSR count). The summed E-state index contributed by atoms with van der Waals surface area (Å²) in [7, 11) is 0. The molecule has 1 fully saturated rings. The summed E-state index contributed by atoms with van der Waals surface area (Å²) in [4.78, 5) is 8.35. The summed E-state index contributed by atoms with van der Waals surface area (Å²) >= 11 is 5.88. The fraction of sp³-hybridized carbons (Fsp3) is 0.455. The molecule has 0 bridgehead atoms. The summed E-state index contributed by atoms with van der Waals surface area (Å²) in [5, 5.41) is 19.1. The molecular weight excluding hydrogens is 272 g/mol. The molecule has 0 amide bonds. The molecular formula is C11H13ClN4O3. The predicted molar refractivity (Wildman–Crippen MR) is 68.6 cm³/mol. The summed E-state index contributed by atoms with van der Waals surface area (Å²) in [5.74, 6) is 0. The Labute approximate surface area is 113 Å². The van der Waals surface area contributed by atoms with Gasteiger partial charge in [0.2, 0.25) is 0 Å². The number of pyridine rings is 1. The maximum atomic E-state index is 9.75. The van der Waals surface area contributed by atoms with E-state index in [0.29, 0.717) is 23.3 Å². The Morgan fingerprint density at radius 3 is 3.05 bits per heavy atom. The van der Waals surface area contributed by atoms with Crippen molar-refractivity contribution in [3.8, 4) is 0 Å². The average Bonchev–Trinajstić information content (AvgIpc) is 2.92. The third-order valence-corrected chi connectivity index (χ3v) is 3.42. The van der Waals surface area contributed by atoms with Crippen LogP contribution in [0.25, 0.3) is 11.2 Å². The number of aromatic nitrogens is 3. The molecule has 3 unspecified atom stereocenters. The normalized spacial score (nSPS) is 27.2. The largest absolute Gasteiger partial charge is 0.397 e. The third kappa shape index (κ3) is 2.04. The Balaban J connectivity index is 2.02. The smallest absolute Gasteiger partial charge is 0.165 e. The second-order valence-corrected chi connectivity index (χ2v) is 4.86. The number of rotatable bonds is 2. The minimum absolute atomic E-state index is 0.235. The molecule has 0 spiro atoms. The zero-order valence-electron chi connectivity index (χ0n) is 9.90. The standard InChI is InChI=1S/C11H13ClN4O3/c12-8-1-5(13)10-11(15-8)16(4-14-10)9-2-6(18)7(3-17)19-9/h1,4,6-7,9,17-18H,2-3H2,(H2,13,15). The van der Waals surface area contributed by atoms with Crippen LogP contribution in [0.15, 0.2) is 12.4 Å². The van der Waals surface area contributed by atoms with Crippen molar-refractivity contribution in [3.63, 3.8) is 0 Å². The third-order valence-electron chi connectivity index (χ3n) is 3.22. The molecule has 1 aliphatic rings. The molecule has 8 heteroatoms. The van der Waals surface area contributed by atoms with Crippen molar-refractivity contribution in [1.82, 2.24) is 14.5 Å². The van der Waals surface area contributed by atoms with Crippen LogP contribution in [0.1, 0.15) is 12.6 Å². The van der Waals surface area contributed by atoms with Crippen molar-refractivity contribution in [2.45, 2.75) is 24.9 Å². The van der Waals surface area contributed by atoms with Crippen LogP contribution in [0.4, 0.5) is 5.69 Å². The number of nitrogens with two attached hydrogens (primary N) is 1. The lowest BCUT2D eigenvalue weighted by Crippen LogP contribution is -2.24. The van der Waals surface area contributed by atoms with E-state index in [4.69, 9.17) is 27.2 Å². The number of halogens is 1. The first-order valence-electron chi connectivity index (χ1n) is 5.83. The van der Waals surface area contributed by atoms with Crippen LogP contribution < -0.4 is 5.73 Å². The van der Waals surface area contributed by atoms with Crippen molar-refractivity contribution in [3.05, 3.63) is 17.5 Å². The van der Waals surface area contributed by atoms with E-state index in [1.54, 1.807) is 10.9 Å². The van der Waals surface area contributed by atoms with Crippen LogP contribution in [0, 0.1) is 0 Å². The number of imidazole rings is 1. The van der Waals surface area contributed by atoms with Crippen molar-refractivity contribution in [2.75, 3.05) is 12.3 Å². The number of aliphatic hydroxyl groups is 2. The van der Waals surface area contributed by atoms with Crippen molar-refractivity contribution >= 4 is 28.5 Å². The molecule has 1 aliphatic heterocycles. The van der Waals surface area contributed by atoms with E-state index in [9.17, 15) is 5.11 Å². The van der Waals surface area contributed by atoms with E-state index in [1.807, 2.05) is 0 Å². The Morgan fingerprint density at radius 2 is 2.37 bits per heavy atom. The SMILES string of the molecule is Nc1cc(Cl)nc2c1ncn2C1CC(O)C(CO)O1. The van der Waals surface area contributed by atoms with Crippen LogP contribution in [0.5, 0.6) is 0 Å². The maximum absolute atomic E-state index is 9.75. The van der Waals surface area contributed by atoms with Gasteiger partial charge in [0.25, 0.3) is 0 Å². The van der Waals surface area contributed by atoms with Crippen LogP contribution in [0.3, 0.4) is 0 Å². The van der Waals surface area contributed by atoms with Gasteiger partial charge in [0, 0.05) is 12.5 Å². The van der Waals surface area contributed by atoms with Gasteiger partial charge in [-0.1, -0.05) is 11.6 Å². The molecule has 4 N–H and O–H groups in total. The number of nitrogens with zero attached hydrogens (tertiary/aromatic N) is 3. The summed E-state index contributed by atoms with van der Waals surface area (Å²) in [5.41, 5.74) is 7.29. The summed E-state index contributed by atoms with van der Waals surface area (Å²) < 4.78 is 7.22. The number of ether oxygens (including phenoxy) is 1. The van der Waals surface area contributed by atoms with Gasteiger partial charge in [0.05, 0.1) is 24.7 Å². The topological polar surface area (TPSA) is 106 Å². The van der Waals surface area contributed by atoms with E-state index in [-0.39, 0.29) is 11.8 Å². The van der Waals surface area contributed by atoms with Gasteiger partial charge < -0.3 is 20.7 Å². The second-order valence-electron chi connectivity index (χ2n) is 4.47. The van der Waals surface area contributed by atoms with E-state index in [1.165, 1.54) is 6.07 Å². The lowest BCUT2D eigenvalue weighted by Gasteiger charge is -2.13. The molecule has 3 atom stereocenters. The van der Waals surface area contributed by atoms with Gasteiger partial charge in [0.15, 0.2) is 5.65 Å². The average molecular weight is 285 g/mol. The molecule has 102 valence electrons. The number of nitrogen functional groups attached to an aromatic ring is 1. The number of anilines is 1. The molecule has 7 nitrogen and oxygen atoms in total. The van der Waals surface area contributed by atoms with Crippen LogP contribution in [-0.2, 0) is 4.74 Å². The fourth-order valence-corrected chi connectivity index (χ4v) is 2.46. The summed E-state index contributed by atoms with van der Waals surface area (Å²) in [6.45, 7) is -0.235. The highest BCUT2D eigenvalue weighted by molar-refractivity contribution is 6.30. The predicted octanol–water partition coefficient (Wildman–Crippen LogP) is 0.308. The molecule has 2 aromatic heterocycles. The highest BCUT2D eigenvalue weighted by atomic mass is 35.5. The van der Waals surface area contributed by atoms with Gasteiger partial charge in [0.1, 0.15) is 23.0 Å². The lowest BCUT2D eigenvalue weighted by molar-refractivity contribution is -0.0432. The molecule has 0 saturated carbocycles. The monoisotopic (exact) mass is 284 g/mol. The van der Waals surface area contributed by atoms with Gasteiger partial charge in [-0.05, 0) is 0 Å². The maximum Gasteiger partial charge on any atom is 0.165 e. The Morgan fingerprint density at radius 1 is 1.58 bits per heavy atom. The van der Waals surface area contributed by atoms with Gasteiger partial charge in [-0.25, -0.2) is 9.97 Å². The number of aliphatic hydroxyl groups excluding tert-OH is 2. The van der Waals surface area contributed by atoms with Gasteiger partial charge in [-0.2, -0.15) is 0 Å². The van der Waals surface area contributed by atoms with Crippen molar-refractivity contribution < 1.29 is 14.9 Å². The second kappa shape index (κ2) is 4.61. The van der Waals surface area contributed by atoms with Crippen molar-refractivity contribution in [2.24, 2.45) is 0 Å². The minimum Gasteiger partial charge on any atom is -0.397 e. The molecule has 2 aromatic rings. The number of hydrogen-bond donors (Lipinski definition) is 3. The van der Waals surface area contributed by atoms with Gasteiger partial charge in [-0.15, -0.1) is 0 Å². The van der Waals surface area contributed by atoms with E-state index in [2.05, 4.69) is 9.97 Å². The minimum atomic E-state index is -0.719. The van der Waals surface area contributed by atoms with E-state index in [0.717, 1.165) is 0 Å². The highest BCUT2D eigenvalue weighted by Crippen LogP contribution is 2.32. The number of fused-ring (bicyclic) bond motifs is 1. The van der Waals surface area contributed by atoms with E-state index >= 15 is 0 Å². The number of hydrogen-bond acceptors (Lipinski definition) is 6. The summed E-state index contributed by atoms with van der Waals surface area (Å²) in [6.07, 6.45) is 0.136. The first-order chi connectivity index (χ1) is 9.10. The Hall–Kier alpha value is -1.41. The lowest BCUT2D eigenvalue weighted by atomic mass is 10.2. The molecule has 3 heterocycles. The Kier molecular flexibility index (Phi) is 3.06. The molecule has 0 aliphatic carbocycles. The molecule has 19 heavy (non-hydrogen) atoms. The fourth-order valence-electron chi connectivity index (χ4n) is 2.26. The first kappa shape index (κ1) is 12.6. The van der Waals surface area contributed by atoms with Gasteiger partial charge >= 0.3 is 0 Å². The first-order valence-corrected chi connectivity index (χ1v) is 6.21. The van der Waals surface area contributed by atoms with Crippen LogP contribution in [-0.4, -0.2) is 43.6 Å². The molecule has 0 aromatic carbocycles. The zero-order valence-corrected chi connectivity index (χ0v) is 10.7.